The molecule has 0 aromatic carbocycles. The van der Waals surface area contributed by atoms with Gasteiger partial charge < -0.3 is 5.32 Å². The van der Waals surface area contributed by atoms with Crippen LogP contribution in [0.25, 0.3) is 11.0 Å². The minimum atomic E-state index is -3.78. The van der Waals surface area contributed by atoms with E-state index in [1.54, 1.807) is 31.6 Å². The molecule has 8 nitrogen and oxygen atoms in total. The quantitative estimate of drug-likeness (QED) is 0.837. The Kier molecular flexibility index (Phi) is 4.47. The summed E-state index contributed by atoms with van der Waals surface area (Å²) in [6.45, 7) is 3.45. The SMILES string of the molecule is CCN(CC(=O)NC)S(=O)(=O)c1cnc2c(c1)c(C)nn2C. The standard InChI is InChI=1S/C13H19N5O3S/c1-5-18(8-12(19)14-3)22(20,21)10-6-11-9(2)16-17(4)13(11)15-7-10/h6-7H,5,8H2,1-4H3,(H,14,19). The number of rotatable bonds is 5. The average Bonchev–Trinajstić information content (AvgIpc) is 2.78. The van der Waals surface area contributed by atoms with Gasteiger partial charge in [0.1, 0.15) is 4.90 Å². The molecule has 2 aromatic rings. The van der Waals surface area contributed by atoms with Gasteiger partial charge in [-0.15, -0.1) is 0 Å². The summed E-state index contributed by atoms with van der Waals surface area (Å²) in [6.07, 6.45) is 1.30. The second-order valence-corrected chi connectivity index (χ2v) is 6.79. The number of likely N-dealkylation sites (N-methyl/N-ethyl adjacent to an activating group) is 2. The van der Waals surface area contributed by atoms with Crippen molar-refractivity contribution in [2.75, 3.05) is 20.1 Å². The van der Waals surface area contributed by atoms with Crippen LogP contribution in [0.15, 0.2) is 17.2 Å². The van der Waals surface area contributed by atoms with E-state index in [0.29, 0.717) is 16.7 Å². The lowest BCUT2D eigenvalue weighted by Crippen LogP contribution is -2.39. The van der Waals surface area contributed by atoms with Gasteiger partial charge >= 0.3 is 0 Å². The molecule has 0 aliphatic rings. The van der Waals surface area contributed by atoms with Gasteiger partial charge in [-0.25, -0.2) is 13.4 Å². The Bertz CT molecular complexity index is 812. The maximum atomic E-state index is 12.7. The highest BCUT2D eigenvalue weighted by Crippen LogP contribution is 2.21. The van der Waals surface area contributed by atoms with Gasteiger partial charge in [0.2, 0.25) is 15.9 Å². The molecule has 22 heavy (non-hydrogen) atoms. The molecule has 2 heterocycles. The topological polar surface area (TPSA) is 97.2 Å². The lowest BCUT2D eigenvalue weighted by Gasteiger charge is -2.19. The van der Waals surface area contributed by atoms with Crippen molar-refractivity contribution in [2.45, 2.75) is 18.7 Å². The van der Waals surface area contributed by atoms with Gasteiger partial charge in [0.25, 0.3) is 0 Å². The summed E-state index contributed by atoms with van der Waals surface area (Å²) in [4.78, 5) is 15.7. The van der Waals surface area contributed by atoms with Gasteiger partial charge in [0.15, 0.2) is 5.65 Å². The number of nitrogens with one attached hydrogen (secondary N) is 1. The van der Waals surface area contributed by atoms with Crippen LogP contribution in [0.5, 0.6) is 0 Å². The molecule has 2 aromatic heterocycles. The number of hydrogen-bond donors (Lipinski definition) is 1. The summed E-state index contributed by atoms with van der Waals surface area (Å²) >= 11 is 0. The summed E-state index contributed by atoms with van der Waals surface area (Å²) in [6, 6.07) is 1.55. The van der Waals surface area contributed by atoms with Crippen molar-refractivity contribution in [3.05, 3.63) is 18.0 Å². The number of aromatic nitrogens is 3. The Morgan fingerprint density at radius 3 is 2.73 bits per heavy atom. The highest BCUT2D eigenvalue weighted by molar-refractivity contribution is 7.89. The van der Waals surface area contributed by atoms with Gasteiger partial charge in [-0.3, -0.25) is 9.48 Å². The molecule has 0 fully saturated rings. The van der Waals surface area contributed by atoms with Crippen LogP contribution in [-0.2, 0) is 21.9 Å². The number of fused-ring (bicyclic) bond motifs is 1. The van der Waals surface area contributed by atoms with Crippen molar-refractivity contribution in [3.8, 4) is 0 Å². The number of sulfonamides is 1. The molecule has 9 heteroatoms. The van der Waals surface area contributed by atoms with E-state index in [2.05, 4.69) is 15.4 Å². The largest absolute Gasteiger partial charge is 0.358 e. The molecule has 0 radical (unpaired) electrons. The van der Waals surface area contributed by atoms with Crippen molar-refractivity contribution in [2.24, 2.45) is 7.05 Å². The molecular formula is C13H19N5O3S. The molecule has 120 valence electrons. The van der Waals surface area contributed by atoms with Crippen LogP contribution < -0.4 is 5.32 Å². The molecule has 0 bridgehead atoms. The first-order chi connectivity index (χ1) is 10.3. The second-order valence-electron chi connectivity index (χ2n) is 4.86. The predicted molar refractivity (Wildman–Crippen MR) is 81.7 cm³/mol. The van der Waals surface area contributed by atoms with E-state index >= 15 is 0 Å². The summed E-state index contributed by atoms with van der Waals surface area (Å²) in [7, 11) is -0.564. The monoisotopic (exact) mass is 325 g/mol. The second kappa shape index (κ2) is 6.01. The van der Waals surface area contributed by atoms with Crippen molar-refractivity contribution in [3.63, 3.8) is 0 Å². The van der Waals surface area contributed by atoms with E-state index in [0.717, 1.165) is 4.31 Å². The molecule has 2 rings (SSSR count). The molecule has 0 unspecified atom stereocenters. The van der Waals surface area contributed by atoms with Gasteiger partial charge in [-0.1, -0.05) is 6.92 Å². The van der Waals surface area contributed by atoms with Crippen LogP contribution in [0.4, 0.5) is 0 Å². The number of carbonyl (C=O) groups excluding carboxylic acids is 1. The summed E-state index contributed by atoms with van der Waals surface area (Å²) in [5, 5.41) is 7.32. The third-order valence-corrected chi connectivity index (χ3v) is 5.31. The van der Waals surface area contributed by atoms with Crippen molar-refractivity contribution >= 4 is 27.0 Å². The van der Waals surface area contributed by atoms with E-state index in [9.17, 15) is 13.2 Å². The highest BCUT2D eigenvalue weighted by atomic mass is 32.2. The van der Waals surface area contributed by atoms with E-state index in [-0.39, 0.29) is 23.9 Å². The normalized spacial score (nSPS) is 12.0. The molecule has 0 saturated carbocycles. The van der Waals surface area contributed by atoms with Crippen LogP contribution in [0.1, 0.15) is 12.6 Å². The molecular weight excluding hydrogens is 306 g/mol. The lowest BCUT2D eigenvalue weighted by atomic mass is 10.3. The number of hydrogen-bond acceptors (Lipinski definition) is 5. The van der Waals surface area contributed by atoms with E-state index in [4.69, 9.17) is 0 Å². The molecule has 0 spiro atoms. The molecule has 0 aliphatic carbocycles. The zero-order valence-corrected chi connectivity index (χ0v) is 13.8. The first-order valence-corrected chi connectivity index (χ1v) is 8.25. The fraction of sp³-hybridized carbons (Fsp3) is 0.462. The molecule has 0 saturated heterocycles. The zero-order chi connectivity index (χ0) is 16.5. The summed E-state index contributed by atoms with van der Waals surface area (Å²) in [5.74, 6) is -0.364. The van der Waals surface area contributed by atoms with Crippen LogP contribution in [-0.4, -0.2) is 53.5 Å². The third kappa shape index (κ3) is 2.81. The fourth-order valence-corrected chi connectivity index (χ4v) is 3.56. The molecule has 1 amide bonds. The number of pyridine rings is 1. The van der Waals surface area contributed by atoms with Gasteiger partial charge in [-0.05, 0) is 13.0 Å². The van der Waals surface area contributed by atoms with Crippen LogP contribution >= 0.6 is 0 Å². The molecule has 0 aliphatic heterocycles. The predicted octanol–water partition coefficient (Wildman–Crippen LogP) is 0.0333. The number of aryl methyl sites for hydroxylation is 2. The summed E-state index contributed by atoms with van der Waals surface area (Å²) in [5.41, 5.74) is 1.32. The molecule has 0 atom stereocenters. The minimum Gasteiger partial charge on any atom is -0.358 e. The smallest absolute Gasteiger partial charge is 0.245 e. The first-order valence-electron chi connectivity index (χ1n) is 6.81. The number of nitrogens with zero attached hydrogens (tertiary/aromatic N) is 4. The van der Waals surface area contributed by atoms with Crippen LogP contribution in [0.3, 0.4) is 0 Å². The Hall–Kier alpha value is -2.00. The first kappa shape index (κ1) is 16.4. The lowest BCUT2D eigenvalue weighted by molar-refractivity contribution is -0.120. The number of amides is 1. The Morgan fingerprint density at radius 2 is 2.14 bits per heavy atom. The van der Waals surface area contributed by atoms with Gasteiger partial charge in [0, 0.05) is 32.2 Å². The van der Waals surface area contributed by atoms with E-state index in [1.165, 1.54) is 13.2 Å². The highest BCUT2D eigenvalue weighted by Gasteiger charge is 2.26. The molecule has 1 N–H and O–H groups in total. The van der Waals surface area contributed by atoms with Crippen LogP contribution in [0.2, 0.25) is 0 Å². The maximum absolute atomic E-state index is 12.7. The Balaban J connectivity index is 2.48. The average molecular weight is 325 g/mol. The van der Waals surface area contributed by atoms with E-state index < -0.39 is 10.0 Å². The van der Waals surface area contributed by atoms with Crippen molar-refractivity contribution < 1.29 is 13.2 Å². The van der Waals surface area contributed by atoms with Gasteiger partial charge in [0.05, 0.1) is 12.2 Å². The number of carbonyl (C=O) groups is 1. The van der Waals surface area contributed by atoms with Crippen molar-refractivity contribution in [1.82, 2.24) is 24.4 Å². The summed E-state index contributed by atoms with van der Waals surface area (Å²) < 4.78 is 28.0. The van der Waals surface area contributed by atoms with Gasteiger partial charge in [-0.2, -0.15) is 9.40 Å². The van der Waals surface area contributed by atoms with E-state index in [1.807, 2.05) is 0 Å². The van der Waals surface area contributed by atoms with Crippen molar-refractivity contribution in [1.29, 1.82) is 0 Å². The third-order valence-electron chi connectivity index (χ3n) is 3.43. The zero-order valence-electron chi connectivity index (χ0n) is 13.0. The Morgan fingerprint density at radius 1 is 1.45 bits per heavy atom. The fourth-order valence-electron chi connectivity index (χ4n) is 2.18. The minimum absolute atomic E-state index is 0.0573. The maximum Gasteiger partial charge on any atom is 0.245 e. The Labute approximate surface area is 129 Å². The van der Waals surface area contributed by atoms with Crippen LogP contribution in [0, 0.1) is 6.92 Å².